The van der Waals surface area contributed by atoms with E-state index in [1.807, 2.05) is 57.2 Å². The number of methoxy groups -OCH3 is 3. The van der Waals surface area contributed by atoms with Crippen molar-refractivity contribution in [3.05, 3.63) is 53.6 Å². The standard InChI is InChI=1S/C27H35N3O5/c1-27(2,3)16-25(31)29(4)17-26(32)30-23(18-8-10-19(33-5)11-9-18)15-22(28-30)21-13-12-20(34-6)14-24(21)35-7/h8-14,23H,15-17H2,1-7H3. The van der Waals surface area contributed by atoms with Gasteiger partial charge in [-0.25, -0.2) is 5.01 Å². The highest BCUT2D eigenvalue weighted by Gasteiger charge is 2.35. The number of hydrogen-bond acceptors (Lipinski definition) is 6. The van der Waals surface area contributed by atoms with Gasteiger partial charge < -0.3 is 19.1 Å². The number of carbonyl (C=O) groups is 2. The molecule has 1 aliphatic heterocycles. The molecule has 0 N–H and O–H groups in total. The Morgan fingerprint density at radius 2 is 1.63 bits per heavy atom. The Hall–Kier alpha value is -3.55. The van der Waals surface area contributed by atoms with Gasteiger partial charge in [0.1, 0.15) is 23.8 Å². The van der Waals surface area contributed by atoms with Crippen LogP contribution in [0.1, 0.15) is 50.8 Å². The van der Waals surface area contributed by atoms with Gasteiger partial charge in [-0.15, -0.1) is 0 Å². The van der Waals surface area contributed by atoms with Crippen molar-refractivity contribution in [1.29, 1.82) is 0 Å². The molecule has 8 heteroatoms. The first-order valence-electron chi connectivity index (χ1n) is 11.6. The Kier molecular flexibility index (Phi) is 8.04. The molecule has 2 aromatic rings. The molecule has 0 aromatic heterocycles. The Morgan fingerprint density at radius 3 is 2.20 bits per heavy atom. The van der Waals surface area contributed by atoms with Crippen LogP contribution in [0.5, 0.6) is 17.2 Å². The van der Waals surface area contributed by atoms with E-state index in [4.69, 9.17) is 19.3 Å². The van der Waals surface area contributed by atoms with E-state index in [0.717, 1.165) is 22.6 Å². The predicted octanol–water partition coefficient (Wildman–Crippen LogP) is 4.28. The van der Waals surface area contributed by atoms with Crippen LogP contribution in [-0.4, -0.2) is 62.4 Å². The fraction of sp³-hybridized carbons (Fsp3) is 0.444. The number of nitrogens with zero attached hydrogens (tertiary/aromatic N) is 3. The topological polar surface area (TPSA) is 80.7 Å². The summed E-state index contributed by atoms with van der Waals surface area (Å²) >= 11 is 0. The van der Waals surface area contributed by atoms with Crippen molar-refractivity contribution in [3.8, 4) is 17.2 Å². The van der Waals surface area contributed by atoms with Crippen LogP contribution in [0.4, 0.5) is 0 Å². The number of hydrogen-bond donors (Lipinski definition) is 0. The Morgan fingerprint density at radius 1 is 1.00 bits per heavy atom. The predicted molar refractivity (Wildman–Crippen MR) is 135 cm³/mol. The van der Waals surface area contributed by atoms with E-state index in [1.165, 1.54) is 9.91 Å². The molecule has 2 aromatic carbocycles. The highest BCUT2D eigenvalue weighted by molar-refractivity contribution is 6.05. The SMILES string of the molecule is COc1ccc(C2CC(c3ccc(OC)cc3OC)=NN2C(=O)CN(C)C(=O)CC(C)(C)C)cc1. The number of carbonyl (C=O) groups excluding carboxylic acids is 2. The van der Waals surface area contributed by atoms with Crippen LogP contribution in [0.2, 0.25) is 0 Å². The minimum atomic E-state index is -0.318. The summed E-state index contributed by atoms with van der Waals surface area (Å²) in [6.45, 7) is 5.94. The molecule has 0 spiro atoms. The highest BCUT2D eigenvalue weighted by atomic mass is 16.5. The monoisotopic (exact) mass is 481 g/mol. The minimum absolute atomic E-state index is 0.0574. The van der Waals surface area contributed by atoms with Crippen LogP contribution < -0.4 is 14.2 Å². The maximum atomic E-state index is 13.4. The van der Waals surface area contributed by atoms with Crippen molar-refractivity contribution in [2.75, 3.05) is 34.9 Å². The third-order valence-electron chi connectivity index (χ3n) is 5.87. The molecule has 0 saturated carbocycles. The second-order valence-corrected chi connectivity index (χ2v) is 9.83. The summed E-state index contributed by atoms with van der Waals surface area (Å²) in [5.74, 6) is 1.69. The van der Waals surface area contributed by atoms with Crippen molar-refractivity contribution in [3.63, 3.8) is 0 Å². The smallest absolute Gasteiger partial charge is 0.262 e. The number of benzene rings is 2. The van der Waals surface area contributed by atoms with E-state index >= 15 is 0 Å². The van der Waals surface area contributed by atoms with Crippen molar-refractivity contribution in [2.45, 2.75) is 39.7 Å². The lowest BCUT2D eigenvalue weighted by atomic mass is 9.92. The Labute approximate surface area is 207 Å². The summed E-state index contributed by atoms with van der Waals surface area (Å²) in [7, 11) is 6.45. The van der Waals surface area contributed by atoms with Crippen LogP contribution >= 0.6 is 0 Å². The fourth-order valence-electron chi connectivity index (χ4n) is 3.98. The summed E-state index contributed by atoms with van der Waals surface area (Å²) in [4.78, 5) is 27.5. The van der Waals surface area contributed by atoms with E-state index in [0.29, 0.717) is 24.3 Å². The molecular weight excluding hydrogens is 446 g/mol. The largest absolute Gasteiger partial charge is 0.497 e. The molecule has 1 heterocycles. The lowest BCUT2D eigenvalue weighted by Gasteiger charge is -2.26. The molecule has 0 saturated heterocycles. The van der Waals surface area contributed by atoms with E-state index in [-0.39, 0.29) is 29.8 Å². The number of hydrazone groups is 1. The maximum absolute atomic E-state index is 13.4. The first kappa shape index (κ1) is 26.1. The van der Waals surface area contributed by atoms with Gasteiger partial charge in [0.15, 0.2) is 0 Å². The lowest BCUT2D eigenvalue weighted by molar-refractivity contribution is -0.141. The summed E-state index contributed by atoms with van der Waals surface area (Å²) in [6.07, 6.45) is 0.858. The van der Waals surface area contributed by atoms with Crippen LogP contribution in [0, 0.1) is 5.41 Å². The molecular formula is C27H35N3O5. The third kappa shape index (κ3) is 6.32. The van der Waals surface area contributed by atoms with E-state index in [9.17, 15) is 9.59 Å². The van der Waals surface area contributed by atoms with Gasteiger partial charge in [-0.2, -0.15) is 5.10 Å². The zero-order valence-corrected chi connectivity index (χ0v) is 21.6. The van der Waals surface area contributed by atoms with Crippen molar-refractivity contribution in [2.24, 2.45) is 10.5 Å². The molecule has 1 atom stereocenters. The summed E-state index contributed by atoms with van der Waals surface area (Å²) in [5, 5.41) is 6.21. The van der Waals surface area contributed by atoms with Crippen molar-refractivity contribution < 1.29 is 23.8 Å². The average Bonchev–Trinajstić information content (AvgIpc) is 3.28. The zero-order chi connectivity index (χ0) is 25.8. The van der Waals surface area contributed by atoms with Gasteiger partial charge in [-0.1, -0.05) is 32.9 Å². The Balaban J connectivity index is 1.92. The second kappa shape index (κ2) is 10.8. The van der Waals surface area contributed by atoms with E-state index < -0.39 is 0 Å². The third-order valence-corrected chi connectivity index (χ3v) is 5.87. The van der Waals surface area contributed by atoms with Crippen molar-refractivity contribution >= 4 is 17.5 Å². The first-order chi connectivity index (χ1) is 16.6. The molecule has 2 amide bonds. The molecule has 0 radical (unpaired) electrons. The normalized spacial score (nSPS) is 15.5. The number of ether oxygens (including phenoxy) is 3. The van der Waals surface area contributed by atoms with Gasteiger partial charge in [0.25, 0.3) is 5.91 Å². The maximum Gasteiger partial charge on any atom is 0.262 e. The molecule has 3 rings (SSSR count). The molecule has 1 unspecified atom stereocenters. The zero-order valence-electron chi connectivity index (χ0n) is 21.6. The van der Waals surface area contributed by atoms with Gasteiger partial charge in [0, 0.05) is 31.5 Å². The first-order valence-corrected chi connectivity index (χ1v) is 11.6. The molecule has 0 fully saturated rings. The molecule has 0 aliphatic carbocycles. The summed E-state index contributed by atoms with van der Waals surface area (Å²) in [6, 6.07) is 12.8. The van der Waals surface area contributed by atoms with Crippen LogP contribution in [0.15, 0.2) is 47.6 Å². The van der Waals surface area contributed by atoms with Gasteiger partial charge in [-0.05, 0) is 35.2 Å². The van der Waals surface area contributed by atoms with Gasteiger partial charge in [0.05, 0.1) is 33.1 Å². The highest BCUT2D eigenvalue weighted by Crippen LogP contribution is 2.36. The molecule has 8 nitrogen and oxygen atoms in total. The number of likely N-dealkylation sites (N-methyl/N-ethyl adjacent to an activating group) is 1. The number of rotatable bonds is 8. The van der Waals surface area contributed by atoms with Gasteiger partial charge in [0.2, 0.25) is 5.91 Å². The quantitative estimate of drug-likeness (QED) is 0.562. The molecule has 35 heavy (non-hydrogen) atoms. The number of amides is 2. The van der Waals surface area contributed by atoms with Gasteiger partial charge >= 0.3 is 0 Å². The van der Waals surface area contributed by atoms with Crippen LogP contribution in [0.25, 0.3) is 0 Å². The second-order valence-electron chi connectivity index (χ2n) is 9.83. The van der Waals surface area contributed by atoms with E-state index in [2.05, 4.69) is 0 Å². The molecule has 0 bridgehead atoms. The van der Waals surface area contributed by atoms with E-state index in [1.54, 1.807) is 34.4 Å². The lowest BCUT2D eigenvalue weighted by Crippen LogP contribution is -2.40. The molecule has 188 valence electrons. The summed E-state index contributed by atoms with van der Waals surface area (Å²) < 4.78 is 16.2. The minimum Gasteiger partial charge on any atom is -0.497 e. The summed E-state index contributed by atoms with van der Waals surface area (Å²) in [5.41, 5.74) is 2.28. The van der Waals surface area contributed by atoms with Gasteiger partial charge in [-0.3, -0.25) is 9.59 Å². The average molecular weight is 482 g/mol. The van der Waals surface area contributed by atoms with Crippen molar-refractivity contribution in [1.82, 2.24) is 9.91 Å². The fourth-order valence-corrected chi connectivity index (χ4v) is 3.98. The van der Waals surface area contributed by atoms with Crippen LogP contribution in [0.3, 0.4) is 0 Å². The Bertz CT molecular complexity index is 1090. The molecule has 1 aliphatic rings. The van der Waals surface area contributed by atoms with Crippen LogP contribution in [-0.2, 0) is 9.59 Å².